The van der Waals surface area contributed by atoms with Crippen LogP contribution in [0.4, 0.5) is 9.52 Å². The number of carbonyl (C=O) groups is 2. The van der Waals surface area contributed by atoms with Gasteiger partial charge in [-0.25, -0.2) is 9.37 Å². The van der Waals surface area contributed by atoms with E-state index in [1.54, 1.807) is 17.5 Å². The van der Waals surface area contributed by atoms with E-state index in [1.807, 2.05) is 0 Å². The standard InChI is InChI=1S/C17H17FN2O3S/c18-11-7-5-10(6-8-11)14-9-24-17(19-14)20-15(21)12-3-1-2-4-13(12)16(22)23/h5-9,12-13H,1-4H2,(H,22,23)(H,19,20,21)/p-1/t12-,13+/m0/s1. The van der Waals surface area contributed by atoms with Gasteiger partial charge in [0.1, 0.15) is 5.82 Å². The number of carbonyl (C=O) groups excluding carboxylic acids is 2. The van der Waals surface area contributed by atoms with Crippen LogP contribution in [-0.2, 0) is 9.59 Å². The van der Waals surface area contributed by atoms with Gasteiger partial charge in [0.2, 0.25) is 5.91 Å². The van der Waals surface area contributed by atoms with Gasteiger partial charge in [-0.1, -0.05) is 12.8 Å². The lowest BCUT2D eigenvalue weighted by Gasteiger charge is -2.30. The van der Waals surface area contributed by atoms with Gasteiger partial charge < -0.3 is 15.2 Å². The normalized spacial score (nSPS) is 20.5. The number of rotatable bonds is 4. The maximum atomic E-state index is 13.0. The number of thiazole rings is 1. The van der Waals surface area contributed by atoms with Crippen LogP contribution in [0.15, 0.2) is 29.6 Å². The molecule has 1 aliphatic rings. The second kappa shape index (κ2) is 7.09. The molecule has 1 N–H and O–H groups in total. The first-order valence-electron chi connectivity index (χ1n) is 7.78. The van der Waals surface area contributed by atoms with Gasteiger partial charge in [-0.2, -0.15) is 0 Å². The Bertz CT molecular complexity index is 745. The Morgan fingerprint density at radius 3 is 2.50 bits per heavy atom. The molecule has 1 aromatic heterocycles. The topological polar surface area (TPSA) is 82.1 Å². The van der Waals surface area contributed by atoms with Gasteiger partial charge in [0.05, 0.1) is 5.69 Å². The molecule has 0 aliphatic heterocycles. The van der Waals surface area contributed by atoms with Crippen molar-refractivity contribution in [3.05, 3.63) is 35.5 Å². The summed E-state index contributed by atoms with van der Waals surface area (Å²) >= 11 is 1.25. The van der Waals surface area contributed by atoms with Crippen LogP contribution in [-0.4, -0.2) is 16.9 Å². The number of carboxylic acids is 1. The predicted molar refractivity (Wildman–Crippen MR) is 86.6 cm³/mol. The first-order valence-corrected chi connectivity index (χ1v) is 8.66. The van der Waals surface area contributed by atoms with E-state index in [9.17, 15) is 19.1 Å². The third-order valence-corrected chi connectivity index (χ3v) is 5.04. The number of benzene rings is 1. The summed E-state index contributed by atoms with van der Waals surface area (Å²) in [7, 11) is 0. The zero-order valence-corrected chi connectivity index (χ0v) is 13.6. The average Bonchev–Trinajstić information content (AvgIpc) is 3.04. The first-order chi connectivity index (χ1) is 11.5. The molecule has 1 amide bonds. The van der Waals surface area contributed by atoms with E-state index in [-0.39, 0.29) is 11.7 Å². The Morgan fingerprint density at radius 1 is 1.17 bits per heavy atom. The first kappa shape index (κ1) is 16.6. The van der Waals surface area contributed by atoms with Gasteiger partial charge in [-0.3, -0.25) is 4.79 Å². The molecule has 0 spiro atoms. The SMILES string of the molecule is O=C(Nc1nc(-c2ccc(F)cc2)cs1)[C@H]1CCCC[C@H]1C(=O)[O-]. The molecule has 0 saturated heterocycles. The minimum atomic E-state index is -1.17. The van der Waals surface area contributed by atoms with Crippen molar-refractivity contribution in [2.45, 2.75) is 25.7 Å². The summed E-state index contributed by atoms with van der Waals surface area (Å²) in [5.74, 6) is -3.14. The Hall–Kier alpha value is -2.28. The second-order valence-corrected chi connectivity index (χ2v) is 6.71. The van der Waals surface area contributed by atoms with Crippen LogP contribution in [0.5, 0.6) is 0 Å². The number of aliphatic carboxylic acids is 1. The van der Waals surface area contributed by atoms with Crippen LogP contribution in [0, 0.1) is 17.7 Å². The summed E-state index contributed by atoms with van der Waals surface area (Å²) in [6.07, 6.45) is 2.65. The third-order valence-electron chi connectivity index (χ3n) is 4.28. The molecule has 1 fully saturated rings. The molecular formula is C17H16FN2O3S-. The van der Waals surface area contributed by atoms with Crippen LogP contribution in [0.1, 0.15) is 25.7 Å². The molecule has 1 heterocycles. The second-order valence-electron chi connectivity index (χ2n) is 5.85. The average molecular weight is 347 g/mol. The molecule has 1 aromatic carbocycles. The van der Waals surface area contributed by atoms with Gasteiger partial charge in [0, 0.05) is 28.7 Å². The van der Waals surface area contributed by atoms with Crippen LogP contribution in [0.3, 0.4) is 0 Å². The van der Waals surface area contributed by atoms with Crippen molar-refractivity contribution in [1.29, 1.82) is 0 Å². The summed E-state index contributed by atoms with van der Waals surface area (Å²) < 4.78 is 13.0. The third kappa shape index (κ3) is 3.62. The molecule has 2 aromatic rings. The molecule has 1 aliphatic carbocycles. The van der Waals surface area contributed by atoms with E-state index in [0.29, 0.717) is 23.7 Å². The number of aromatic nitrogens is 1. The summed E-state index contributed by atoms with van der Waals surface area (Å²) in [5.41, 5.74) is 1.38. The van der Waals surface area contributed by atoms with Crippen molar-refractivity contribution in [3.63, 3.8) is 0 Å². The minimum Gasteiger partial charge on any atom is -0.550 e. The molecule has 0 unspecified atom stereocenters. The number of anilines is 1. The lowest BCUT2D eigenvalue weighted by molar-refractivity contribution is -0.313. The fourth-order valence-electron chi connectivity index (χ4n) is 3.01. The quantitative estimate of drug-likeness (QED) is 0.921. The van der Waals surface area contributed by atoms with Crippen LogP contribution >= 0.6 is 11.3 Å². The molecule has 1 saturated carbocycles. The molecule has 3 rings (SSSR count). The molecule has 126 valence electrons. The molecule has 0 bridgehead atoms. The highest BCUT2D eigenvalue weighted by atomic mass is 32.1. The fourth-order valence-corrected chi connectivity index (χ4v) is 3.73. The van der Waals surface area contributed by atoms with Crippen molar-refractivity contribution < 1.29 is 19.1 Å². The van der Waals surface area contributed by atoms with Crippen LogP contribution < -0.4 is 10.4 Å². The van der Waals surface area contributed by atoms with Crippen molar-refractivity contribution >= 4 is 28.3 Å². The Balaban J connectivity index is 1.70. The van der Waals surface area contributed by atoms with Gasteiger partial charge in [-0.05, 0) is 37.1 Å². The van der Waals surface area contributed by atoms with Gasteiger partial charge in [0.15, 0.2) is 5.13 Å². The molecule has 5 nitrogen and oxygen atoms in total. The maximum Gasteiger partial charge on any atom is 0.229 e. The molecule has 24 heavy (non-hydrogen) atoms. The van der Waals surface area contributed by atoms with Gasteiger partial charge in [-0.15, -0.1) is 11.3 Å². The Kier molecular flexibility index (Phi) is 4.89. The number of nitrogens with one attached hydrogen (secondary N) is 1. The maximum absolute atomic E-state index is 13.0. The minimum absolute atomic E-state index is 0.326. The zero-order chi connectivity index (χ0) is 17.1. The van der Waals surface area contributed by atoms with E-state index in [2.05, 4.69) is 10.3 Å². The highest BCUT2D eigenvalue weighted by Gasteiger charge is 2.32. The number of carboxylic acid groups (broad SMARTS) is 1. The van der Waals surface area contributed by atoms with E-state index in [0.717, 1.165) is 18.4 Å². The highest BCUT2D eigenvalue weighted by Crippen LogP contribution is 2.32. The van der Waals surface area contributed by atoms with Gasteiger partial charge >= 0.3 is 0 Å². The summed E-state index contributed by atoms with van der Waals surface area (Å²) in [4.78, 5) is 27.9. The molecule has 2 atom stereocenters. The van der Waals surface area contributed by atoms with E-state index < -0.39 is 17.8 Å². The van der Waals surface area contributed by atoms with Crippen molar-refractivity contribution in [1.82, 2.24) is 4.98 Å². The van der Waals surface area contributed by atoms with Crippen LogP contribution in [0.2, 0.25) is 0 Å². The molecule has 0 radical (unpaired) electrons. The highest BCUT2D eigenvalue weighted by molar-refractivity contribution is 7.14. The number of hydrogen-bond donors (Lipinski definition) is 1. The van der Waals surface area contributed by atoms with Crippen molar-refractivity contribution in [2.75, 3.05) is 5.32 Å². The van der Waals surface area contributed by atoms with Crippen molar-refractivity contribution in [3.8, 4) is 11.3 Å². The molecule has 7 heteroatoms. The van der Waals surface area contributed by atoms with Crippen molar-refractivity contribution in [2.24, 2.45) is 11.8 Å². The number of hydrogen-bond acceptors (Lipinski definition) is 5. The fraction of sp³-hybridized carbons (Fsp3) is 0.353. The summed E-state index contributed by atoms with van der Waals surface area (Å²) in [5, 5.41) is 16.1. The van der Waals surface area contributed by atoms with E-state index in [4.69, 9.17) is 0 Å². The number of amides is 1. The predicted octanol–water partition coefficient (Wildman–Crippen LogP) is 2.44. The Labute approximate surface area is 142 Å². The lowest BCUT2D eigenvalue weighted by atomic mass is 9.79. The summed E-state index contributed by atoms with van der Waals surface area (Å²) in [6.45, 7) is 0. The number of halogens is 1. The molecular weight excluding hydrogens is 331 g/mol. The zero-order valence-electron chi connectivity index (χ0n) is 12.8. The van der Waals surface area contributed by atoms with E-state index in [1.165, 1.54) is 23.5 Å². The number of nitrogens with zero attached hydrogens (tertiary/aromatic N) is 1. The lowest BCUT2D eigenvalue weighted by Crippen LogP contribution is -2.42. The van der Waals surface area contributed by atoms with Crippen LogP contribution in [0.25, 0.3) is 11.3 Å². The van der Waals surface area contributed by atoms with Gasteiger partial charge in [0.25, 0.3) is 0 Å². The largest absolute Gasteiger partial charge is 0.550 e. The van der Waals surface area contributed by atoms with E-state index >= 15 is 0 Å². The summed E-state index contributed by atoms with van der Waals surface area (Å²) in [6, 6.07) is 5.92. The monoisotopic (exact) mass is 347 g/mol. The Morgan fingerprint density at radius 2 is 1.83 bits per heavy atom. The smallest absolute Gasteiger partial charge is 0.229 e.